The third-order valence-electron chi connectivity index (χ3n) is 4.66. The summed E-state index contributed by atoms with van der Waals surface area (Å²) in [6, 6.07) is 8.99. The molecule has 2 aromatic carbocycles. The number of rotatable bonds is 6. The molecular weight excluding hydrogens is 411 g/mol. The molecule has 0 unspecified atom stereocenters. The summed E-state index contributed by atoms with van der Waals surface area (Å²) in [4.78, 5) is 16.4. The maximum Gasteiger partial charge on any atom is 0.341 e. The minimum atomic E-state index is -3.67. The van der Waals surface area contributed by atoms with Crippen molar-refractivity contribution >= 4 is 32.6 Å². The highest BCUT2D eigenvalue weighted by Gasteiger charge is 2.25. The van der Waals surface area contributed by atoms with E-state index in [1.54, 1.807) is 25.1 Å². The van der Waals surface area contributed by atoms with Crippen molar-refractivity contribution in [2.45, 2.75) is 13.3 Å². The fourth-order valence-electron chi connectivity index (χ4n) is 3.29. The number of carbonyl (C=O) groups is 1. The van der Waals surface area contributed by atoms with E-state index in [4.69, 9.17) is 4.74 Å². The number of nitrogens with zero attached hydrogens (tertiary/aromatic N) is 2. The molecule has 30 heavy (non-hydrogen) atoms. The van der Waals surface area contributed by atoms with Gasteiger partial charge >= 0.3 is 5.97 Å². The highest BCUT2D eigenvalue weighted by molar-refractivity contribution is 7.92. The monoisotopic (exact) mass is 432 g/mol. The fraction of sp³-hybridized carbons (Fsp3) is 0.238. The predicted molar refractivity (Wildman–Crippen MR) is 112 cm³/mol. The molecule has 0 spiro atoms. The number of aromatic nitrogens is 1. The van der Waals surface area contributed by atoms with Gasteiger partial charge in [0.2, 0.25) is 10.0 Å². The first-order chi connectivity index (χ1) is 14.2. The minimum absolute atomic E-state index is 0.0813. The second-order valence-corrected chi connectivity index (χ2v) is 8.66. The van der Waals surface area contributed by atoms with Crippen LogP contribution in [0, 0.1) is 5.82 Å². The van der Waals surface area contributed by atoms with Crippen LogP contribution in [0.4, 0.5) is 10.1 Å². The lowest BCUT2D eigenvalue weighted by Gasteiger charge is -2.23. The molecule has 0 aliphatic carbocycles. The summed E-state index contributed by atoms with van der Waals surface area (Å²) in [5.74, 6) is -1.54. The second-order valence-electron chi connectivity index (χ2n) is 6.75. The summed E-state index contributed by atoms with van der Waals surface area (Å²) >= 11 is 0. The number of hydrogen-bond donors (Lipinski definition) is 1. The normalized spacial score (nSPS) is 11.5. The van der Waals surface area contributed by atoms with E-state index in [1.807, 2.05) is 0 Å². The van der Waals surface area contributed by atoms with Crippen LogP contribution in [0.25, 0.3) is 10.9 Å². The zero-order chi connectivity index (χ0) is 22.1. The number of phenolic OH excluding ortho intramolecular Hbond substituents is 1. The molecule has 158 valence electrons. The molecule has 0 bridgehead atoms. The Morgan fingerprint density at radius 1 is 1.20 bits per heavy atom. The van der Waals surface area contributed by atoms with Crippen LogP contribution in [0.5, 0.6) is 5.75 Å². The Kier molecular flexibility index (Phi) is 5.93. The quantitative estimate of drug-likeness (QED) is 0.601. The molecule has 1 heterocycles. The molecular formula is C21H21FN2O5S. The lowest BCUT2D eigenvalue weighted by molar-refractivity contribution is 0.0597. The van der Waals surface area contributed by atoms with Crippen LogP contribution in [0.1, 0.15) is 28.4 Å². The van der Waals surface area contributed by atoms with E-state index in [1.165, 1.54) is 31.5 Å². The number of ether oxygens (including phenoxy) is 1. The predicted octanol–water partition coefficient (Wildman–Crippen LogP) is 3.24. The van der Waals surface area contributed by atoms with Crippen molar-refractivity contribution in [3.63, 3.8) is 0 Å². The number of benzene rings is 2. The number of halogens is 1. The molecule has 0 radical (unpaired) electrons. The summed E-state index contributed by atoms with van der Waals surface area (Å²) < 4.78 is 43.7. The molecule has 0 atom stereocenters. The van der Waals surface area contributed by atoms with Crippen molar-refractivity contribution in [1.29, 1.82) is 0 Å². The molecule has 1 N–H and O–H groups in total. The van der Waals surface area contributed by atoms with Crippen molar-refractivity contribution in [1.82, 2.24) is 4.98 Å². The van der Waals surface area contributed by atoms with E-state index in [-0.39, 0.29) is 29.1 Å². The first-order valence-corrected chi connectivity index (χ1v) is 11.0. The van der Waals surface area contributed by atoms with E-state index in [0.29, 0.717) is 11.8 Å². The lowest BCUT2D eigenvalue weighted by Crippen LogP contribution is -2.30. The Labute approximate surface area is 173 Å². The Bertz CT molecular complexity index is 1210. The van der Waals surface area contributed by atoms with Gasteiger partial charge in [-0.1, -0.05) is 12.1 Å². The number of esters is 1. The minimum Gasteiger partial charge on any atom is -0.505 e. The van der Waals surface area contributed by atoms with E-state index >= 15 is 0 Å². The summed E-state index contributed by atoms with van der Waals surface area (Å²) in [6.45, 7) is 1.77. The van der Waals surface area contributed by atoms with E-state index in [2.05, 4.69) is 4.98 Å². The first-order valence-electron chi connectivity index (χ1n) is 9.10. The summed E-state index contributed by atoms with van der Waals surface area (Å²) in [5.41, 5.74) is 1.68. The average molecular weight is 432 g/mol. The maximum atomic E-state index is 13.2. The Balaban J connectivity index is 2.24. The lowest BCUT2D eigenvalue weighted by atomic mass is 10.0. The van der Waals surface area contributed by atoms with Crippen molar-refractivity contribution in [2.75, 3.05) is 24.2 Å². The third-order valence-corrected chi connectivity index (χ3v) is 5.92. The van der Waals surface area contributed by atoms with Gasteiger partial charge in [0.05, 0.1) is 19.1 Å². The van der Waals surface area contributed by atoms with Gasteiger partial charge < -0.3 is 9.84 Å². The van der Waals surface area contributed by atoms with Crippen LogP contribution in [0.3, 0.4) is 0 Å². The fourth-order valence-corrected chi connectivity index (χ4v) is 4.27. The topological polar surface area (TPSA) is 96.8 Å². The van der Waals surface area contributed by atoms with Gasteiger partial charge in [0.1, 0.15) is 16.9 Å². The van der Waals surface area contributed by atoms with Gasteiger partial charge in [-0.2, -0.15) is 0 Å². The van der Waals surface area contributed by atoms with Crippen molar-refractivity contribution in [2.24, 2.45) is 0 Å². The molecule has 1 aromatic heterocycles. The van der Waals surface area contributed by atoms with Crippen molar-refractivity contribution < 1.29 is 27.4 Å². The Morgan fingerprint density at radius 3 is 2.43 bits per heavy atom. The zero-order valence-corrected chi connectivity index (χ0v) is 17.5. The molecule has 9 heteroatoms. The van der Waals surface area contributed by atoms with E-state index in [9.17, 15) is 22.7 Å². The highest BCUT2D eigenvalue weighted by atomic mass is 32.2. The van der Waals surface area contributed by atoms with Crippen molar-refractivity contribution in [3.05, 3.63) is 65.1 Å². The summed E-state index contributed by atoms with van der Waals surface area (Å²) in [7, 11) is -2.50. The van der Waals surface area contributed by atoms with Crippen LogP contribution in [-0.4, -0.2) is 44.4 Å². The van der Waals surface area contributed by atoms with Gasteiger partial charge in [-0.25, -0.2) is 17.6 Å². The van der Waals surface area contributed by atoms with Crippen LogP contribution >= 0.6 is 0 Å². The number of phenols is 1. The smallest absolute Gasteiger partial charge is 0.341 e. The largest absolute Gasteiger partial charge is 0.505 e. The van der Waals surface area contributed by atoms with Crippen molar-refractivity contribution in [3.8, 4) is 5.75 Å². The number of fused-ring (bicyclic) bond motifs is 1. The van der Waals surface area contributed by atoms with Crippen LogP contribution < -0.4 is 4.31 Å². The second kappa shape index (κ2) is 8.27. The van der Waals surface area contributed by atoms with Crippen LogP contribution in [-0.2, 0) is 21.2 Å². The summed E-state index contributed by atoms with van der Waals surface area (Å²) in [6.07, 6.45) is 3.00. The van der Waals surface area contributed by atoms with Gasteiger partial charge in [0.15, 0.2) is 5.75 Å². The third kappa shape index (κ3) is 4.20. The van der Waals surface area contributed by atoms with Gasteiger partial charge in [-0.05, 0) is 48.7 Å². The number of anilines is 1. The molecule has 7 nitrogen and oxygen atoms in total. The molecule has 0 saturated heterocycles. The van der Waals surface area contributed by atoms with Gasteiger partial charge in [-0.15, -0.1) is 0 Å². The van der Waals surface area contributed by atoms with Gasteiger partial charge in [0, 0.05) is 18.1 Å². The molecule has 3 rings (SSSR count). The molecule has 0 saturated carbocycles. The summed E-state index contributed by atoms with van der Waals surface area (Å²) in [5, 5.41) is 10.9. The first kappa shape index (κ1) is 21.5. The standard InChI is InChI=1S/C21H21FN2O5S/c1-4-24(30(3,27)28)18-11-17(21(26)29-2)20(25)19-16(18)10-14(12-23-19)9-13-5-7-15(22)8-6-13/h5-8,10-12,25H,4,9H2,1-3H3. The maximum absolute atomic E-state index is 13.2. The molecule has 0 fully saturated rings. The molecule has 0 aliphatic heterocycles. The van der Waals surface area contributed by atoms with Crippen LogP contribution in [0.2, 0.25) is 0 Å². The number of pyridine rings is 1. The highest BCUT2D eigenvalue weighted by Crippen LogP contribution is 2.37. The van der Waals surface area contributed by atoms with E-state index in [0.717, 1.165) is 21.7 Å². The molecule has 0 amide bonds. The number of hydrogen-bond acceptors (Lipinski definition) is 6. The number of sulfonamides is 1. The molecule has 0 aliphatic rings. The number of methoxy groups -OCH3 is 1. The Morgan fingerprint density at radius 2 is 1.87 bits per heavy atom. The molecule has 3 aromatic rings. The zero-order valence-electron chi connectivity index (χ0n) is 16.7. The van der Waals surface area contributed by atoms with E-state index < -0.39 is 21.7 Å². The van der Waals surface area contributed by atoms with Gasteiger partial charge in [0.25, 0.3) is 0 Å². The van der Waals surface area contributed by atoms with Gasteiger partial charge in [-0.3, -0.25) is 9.29 Å². The Hall–Kier alpha value is -3.20. The number of carbonyl (C=O) groups excluding carboxylic acids is 1. The number of aromatic hydroxyl groups is 1. The SMILES string of the molecule is CCN(c1cc(C(=O)OC)c(O)c2ncc(Cc3ccc(F)cc3)cc12)S(C)(=O)=O. The average Bonchev–Trinajstić information content (AvgIpc) is 2.70. The van der Waals surface area contributed by atoms with Crippen LogP contribution in [0.15, 0.2) is 42.6 Å².